The van der Waals surface area contributed by atoms with E-state index >= 15 is 0 Å². The van der Waals surface area contributed by atoms with E-state index in [1.165, 1.54) is 72.3 Å². The Balaban J connectivity index is 1.33. The molecule has 2 aliphatic rings. The molecule has 0 unspecified atom stereocenters. The predicted octanol–water partition coefficient (Wildman–Crippen LogP) is 5.71. The van der Waals surface area contributed by atoms with E-state index in [1.807, 2.05) is 18.2 Å². The molecule has 3 nitrogen and oxygen atoms in total. The van der Waals surface area contributed by atoms with Crippen LogP contribution in [0, 0.1) is 0 Å². The molecule has 4 heteroatoms. The van der Waals surface area contributed by atoms with Crippen LogP contribution in [0.3, 0.4) is 0 Å². The zero-order chi connectivity index (χ0) is 18.6. The van der Waals surface area contributed by atoms with Gasteiger partial charge in [-0.15, -0.1) is 11.3 Å². The van der Waals surface area contributed by atoms with Gasteiger partial charge in [0.1, 0.15) is 4.88 Å². The van der Waals surface area contributed by atoms with Crippen LogP contribution in [0.15, 0.2) is 30.3 Å². The summed E-state index contributed by atoms with van der Waals surface area (Å²) in [4.78, 5) is 26.6. The summed E-state index contributed by atoms with van der Waals surface area (Å²) in [6.45, 7) is -0.190. The monoisotopic (exact) mass is 382 g/mol. The van der Waals surface area contributed by atoms with Gasteiger partial charge in [0, 0.05) is 10.4 Å². The first-order valence-corrected chi connectivity index (χ1v) is 10.9. The number of hydrogen-bond acceptors (Lipinski definition) is 4. The van der Waals surface area contributed by atoms with Gasteiger partial charge in [-0.2, -0.15) is 0 Å². The Kier molecular flexibility index (Phi) is 5.72. The van der Waals surface area contributed by atoms with Crippen molar-refractivity contribution in [2.24, 2.45) is 0 Å². The molecule has 0 amide bonds. The van der Waals surface area contributed by atoms with Crippen molar-refractivity contribution >= 4 is 23.1 Å². The molecular formula is C23H26O3S. The molecule has 1 fully saturated rings. The van der Waals surface area contributed by atoms with Gasteiger partial charge in [-0.05, 0) is 61.6 Å². The quantitative estimate of drug-likeness (QED) is 0.491. The minimum Gasteiger partial charge on any atom is -0.453 e. The van der Waals surface area contributed by atoms with Gasteiger partial charge in [-0.25, -0.2) is 4.79 Å². The number of benzene rings is 1. The van der Waals surface area contributed by atoms with Gasteiger partial charge in [-0.3, -0.25) is 4.79 Å². The van der Waals surface area contributed by atoms with Gasteiger partial charge in [0.15, 0.2) is 12.4 Å². The summed E-state index contributed by atoms with van der Waals surface area (Å²) >= 11 is 1.52. The Hall–Kier alpha value is -1.94. The molecule has 0 radical (unpaired) electrons. The fourth-order valence-electron chi connectivity index (χ4n) is 4.25. The number of esters is 1. The fraction of sp³-hybridized carbons (Fsp3) is 0.478. The number of ketones is 1. The summed E-state index contributed by atoms with van der Waals surface area (Å²) in [6, 6.07) is 9.84. The lowest BCUT2D eigenvalue weighted by molar-refractivity contribution is 0.0479. The molecule has 0 aliphatic heterocycles. The Morgan fingerprint density at radius 3 is 2.44 bits per heavy atom. The Bertz CT molecular complexity index is 789. The van der Waals surface area contributed by atoms with Crippen molar-refractivity contribution in [1.29, 1.82) is 0 Å². The first-order chi connectivity index (χ1) is 13.2. The third-order valence-corrected chi connectivity index (χ3v) is 7.06. The summed E-state index contributed by atoms with van der Waals surface area (Å²) in [6.07, 6.45) is 10.9. The third-order valence-electron chi connectivity index (χ3n) is 5.84. The minimum absolute atomic E-state index is 0.139. The molecule has 0 N–H and O–H groups in total. The first-order valence-electron chi connectivity index (χ1n) is 10.1. The molecule has 2 aromatic rings. The summed E-state index contributed by atoms with van der Waals surface area (Å²) in [5, 5.41) is 0. The van der Waals surface area contributed by atoms with Crippen molar-refractivity contribution in [3.05, 3.63) is 56.8 Å². The van der Waals surface area contributed by atoms with E-state index in [9.17, 15) is 9.59 Å². The summed E-state index contributed by atoms with van der Waals surface area (Å²) in [5.74, 6) is 0.118. The second kappa shape index (κ2) is 8.39. The largest absolute Gasteiger partial charge is 0.453 e. The van der Waals surface area contributed by atoms with Crippen LogP contribution in [0.2, 0.25) is 0 Å². The van der Waals surface area contributed by atoms with Crippen molar-refractivity contribution < 1.29 is 14.3 Å². The van der Waals surface area contributed by atoms with Crippen molar-refractivity contribution in [3.63, 3.8) is 0 Å². The van der Waals surface area contributed by atoms with Gasteiger partial charge < -0.3 is 4.74 Å². The van der Waals surface area contributed by atoms with Crippen LogP contribution in [0.25, 0.3) is 0 Å². The SMILES string of the molecule is O=C(COC(=O)c1cc2c(s1)CCCC2)c1ccc(C2CCCCC2)cc1. The zero-order valence-electron chi connectivity index (χ0n) is 15.7. The van der Waals surface area contributed by atoms with E-state index in [0.29, 0.717) is 16.4 Å². The van der Waals surface area contributed by atoms with Gasteiger partial charge in [0.05, 0.1) is 0 Å². The lowest BCUT2D eigenvalue weighted by Crippen LogP contribution is -2.13. The van der Waals surface area contributed by atoms with Crippen LogP contribution in [-0.2, 0) is 17.6 Å². The second-order valence-corrected chi connectivity index (χ2v) is 8.86. The minimum atomic E-state index is -0.374. The zero-order valence-corrected chi connectivity index (χ0v) is 16.5. The van der Waals surface area contributed by atoms with Crippen molar-refractivity contribution in [3.8, 4) is 0 Å². The van der Waals surface area contributed by atoms with Gasteiger partial charge in [0.2, 0.25) is 0 Å². The molecule has 0 spiro atoms. The molecule has 142 valence electrons. The molecule has 0 atom stereocenters. The molecule has 1 aromatic carbocycles. The maximum atomic E-state index is 12.4. The standard InChI is InChI=1S/C23H26O3S/c24-20(18-12-10-17(11-13-18)16-6-2-1-3-7-16)15-26-23(25)22-14-19-8-4-5-9-21(19)27-22/h10-14,16H,1-9,15H2. The van der Waals surface area contributed by atoms with E-state index in [2.05, 4.69) is 12.1 Å². The van der Waals surface area contributed by atoms with Gasteiger partial charge in [0.25, 0.3) is 0 Å². The number of ether oxygens (including phenoxy) is 1. The van der Waals surface area contributed by atoms with Gasteiger partial charge >= 0.3 is 5.97 Å². The number of thiophene rings is 1. The van der Waals surface area contributed by atoms with Crippen LogP contribution in [-0.4, -0.2) is 18.4 Å². The molecule has 0 saturated heterocycles. The molecule has 1 aromatic heterocycles. The number of carbonyl (C=O) groups excluding carboxylic acids is 2. The Morgan fingerprint density at radius 1 is 0.963 bits per heavy atom. The Labute approximate surface area is 164 Å². The van der Waals surface area contributed by atoms with E-state index in [4.69, 9.17) is 4.74 Å². The number of hydrogen-bond donors (Lipinski definition) is 0. The van der Waals surface area contributed by atoms with E-state index in [1.54, 1.807) is 0 Å². The van der Waals surface area contributed by atoms with E-state index in [0.717, 1.165) is 12.8 Å². The summed E-state index contributed by atoms with van der Waals surface area (Å²) < 4.78 is 5.29. The van der Waals surface area contributed by atoms with E-state index < -0.39 is 0 Å². The number of fused-ring (bicyclic) bond motifs is 1. The Morgan fingerprint density at radius 2 is 1.70 bits per heavy atom. The summed E-state index contributed by atoms with van der Waals surface area (Å²) in [5.41, 5.74) is 3.23. The van der Waals surface area contributed by atoms with Crippen molar-refractivity contribution in [2.45, 2.75) is 63.7 Å². The highest BCUT2D eigenvalue weighted by Crippen LogP contribution is 2.33. The topological polar surface area (TPSA) is 43.4 Å². The third kappa shape index (κ3) is 4.32. The molecule has 1 saturated carbocycles. The number of aryl methyl sites for hydroxylation is 2. The number of carbonyl (C=O) groups is 2. The van der Waals surface area contributed by atoms with Crippen LogP contribution < -0.4 is 0 Å². The smallest absolute Gasteiger partial charge is 0.348 e. The second-order valence-electron chi connectivity index (χ2n) is 7.72. The average molecular weight is 383 g/mol. The molecule has 2 aliphatic carbocycles. The highest BCUT2D eigenvalue weighted by molar-refractivity contribution is 7.14. The van der Waals surface area contributed by atoms with Crippen LogP contribution in [0.4, 0.5) is 0 Å². The van der Waals surface area contributed by atoms with Crippen molar-refractivity contribution in [1.82, 2.24) is 0 Å². The number of Topliss-reactive ketones (excluding diaryl/α,β-unsaturated/α-hetero) is 1. The van der Waals surface area contributed by atoms with E-state index in [-0.39, 0.29) is 18.4 Å². The maximum Gasteiger partial charge on any atom is 0.348 e. The molecule has 1 heterocycles. The average Bonchev–Trinajstić information content (AvgIpc) is 3.17. The molecule has 0 bridgehead atoms. The van der Waals surface area contributed by atoms with Gasteiger partial charge in [-0.1, -0.05) is 43.5 Å². The predicted molar refractivity (Wildman–Crippen MR) is 108 cm³/mol. The fourth-order valence-corrected chi connectivity index (χ4v) is 5.40. The highest BCUT2D eigenvalue weighted by Gasteiger charge is 2.20. The molecular weight excluding hydrogens is 356 g/mol. The van der Waals surface area contributed by atoms with Crippen molar-refractivity contribution in [2.75, 3.05) is 6.61 Å². The molecule has 4 rings (SSSR count). The highest BCUT2D eigenvalue weighted by atomic mass is 32.1. The van der Waals surface area contributed by atoms with Crippen LogP contribution in [0.1, 0.15) is 86.9 Å². The normalized spacial score (nSPS) is 17.3. The first kappa shape index (κ1) is 18.4. The maximum absolute atomic E-state index is 12.4. The summed E-state index contributed by atoms with van der Waals surface area (Å²) in [7, 11) is 0. The lowest BCUT2D eigenvalue weighted by Gasteiger charge is -2.22. The lowest BCUT2D eigenvalue weighted by atomic mass is 9.84. The molecule has 27 heavy (non-hydrogen) atoms. The number of rotatable bonds is 5. The van der Waals surface area contributed by atoms with Crippen LogP contribution >= 0.6 is 11.3 Å². The van der Waals surface area contributed by atoms with Crippen LogP contribution in [0.5, 0.6) is 0 Å².